The molecule has 0 saturated carbocycles. The number of likely N-dealkylation sites (N-methyl/N-ethyl adjacent to an activating group) is 1. The maximum atomic E-state index is 5.35. The van der Waals surface area contributed by atoms with Crippen LogP contribution in [0.5, 0.6) is 11.5 Å². The van der Waals surface area contributed by atoms with Gasteiger partial charge in [0.2, 0.25) is 0 Å². The predicted octanol–water partition coefficient (Wildman–Crippen LogP) is 2.31. The van der Waals surface area contributed by atoms with Crippen molar-refractivity contribution in [3.8, 4) is 11.5 Å². The van der Waals surface area contributed by atoms with Crippen LogP contribution in [0.3, 0.4) is 0 Å². The molecule has 1 N–H and O–H groups in total. The van der Waals surface area contributed by atoms with Gasteiger partial charge in [-0.2, -0.15) is 0 Å². The number of halogens is 1. The van der Waals surface area contributed by atoms with Crippen LogP contribution in [0.2, 0.25) is 0 Å². The molecule has 0 bridgehead atoms. The molecule has 1 heterocycles. The average molecular weight is 301 g/mol. The Hall–Kier alpha value is -0.970. The molecule has 1 aromatic carbocycles. The number of nitrogens with one attached hydrogen (secondary N) is 1. The van der Waals surface area contributed by atoms with E-state index in [1.54, 1.807) is 14.2 Å². The number of rotatable bonds is 5. The lowest BCUT2D eigenvalue weighted by atomic mass is 10.0. The third-order valence-corrected chi connectivity index (χ3v) is 3.77. The van der Waals surface area contributed by atoms with Crippen LogP contribution in [0.15, 0.2) is 18.2 Å². The number of hydrogen-bond donors (Lipinski definition) is 1. The molecule has 2 rings (SSSR count). The molecule has 0 aromatic heterocycles. The number of likely N-dealkylation sites (tertiary alicyclic amines) is 1. The summed E-state index contributed by atoms with van der Waals surface area (Å²) >= 11 is 0. The molecular weight excluding hydrogens is 276 g/mol. The Morgan fingerprint density at radius 1 is 1.25 bits per heavy atom. The zero-order valence-corrected chi connectivity index (χ0v) is 13.3. The molecule has 0 spiro atoms. The first kappa shape index (κ1) is 17.1. The monoisotopic (exact) mass is 300 g/mol. The highest BCUT2D eigenvalue weighted by atomic mass is 35.5. The van der Waals surface area contributed by atoms with E-state index < -0.39 is 0 Å². The summed E-state index contributed by atoms with van der Waals surface area (Å²) in [5.74, 6) is 1.60. The molecule has 20 heavy (non-hydrogen) atoms. The highest BCUT2D eigenvalue weighted by molar-refractivity contribution is 5.85. The third-order valence-electron chi connectivity index (χ3n) is 3.77. The Bertz CT molecular complexity index is 415. The van der Waals surface area contributed by atoms with Crippen molar-refractivity contribution < 1.29 is 9.47 Å². The van der Waals surface area contributed by atoms with Gasteiger partial charge in [-0.15, -0.1) is 12.4 Å². The summed E-state index contributed by atoms with van der Waals surface area (Å²) in [6.07, 6.45) is 2.54. The zero-order valence-electron chi connectivity index (χ0n) is 12.5. The molecule has 1 atom stereocenters. The number of nitrogens with zero attached hydrogens (tertiary/aromatic N) is 1. The van der Waals surface area contributed by atoms with Gasteiger partial charge in [0.15, 0.2) is 11.5 Å². The van der Waals surface area contributed by atoms with Gasteiger partial charge in [-0.05, 0) is 44.1 Å². The Morgan fingerprint density at radius 3 is 2.65 bits per heavy atom. The van der Waals surface area contributed by atoms with E-state index in [2.05, 4.69) is 22.3 Å². The van der Waals surface area contributed by atoms with E-state index in [1.165, 1.54) is 24.9 Å². The van der Waals surface area contributed by atoms with E-state index in [-0.39, 0.29) is 12.4 Å². The van der Waals surface area contributed by atoms with Crippen LogP contribution in [-0.2, 0) is 6.54 Å². The summed E-state index contributed by atoms with van der Waals surface area (Å²) in [5.41, 5.74) is 1.27. The van der Waals surface area contributed by atoms with Gasteiger partial charge in [0.25, 0.3) is 0 Å². The molecule has 114 valence electrons. The number of methoxy groups -OCH3 is 2. The molecule has 1 aliphatic rings. The molecule has 1 saturated heterocycles. The van der Waals surface area contributed by atoms with Crippen molar-refractivity contribution in [2.75, 3.05) is 34.4 Å². The van der Waals surface area contributed by atoms with Gasteiger partial charge in [-0.25, -0.2) is 0 Å². The number of hydrogen-bond acceptors (Lipinski definition) is 4. The molecule has 1 fully saturated rings. The molecule has 1 unspecified atom stereocenters. The number of ether oxygens (including phenoxy) is 2. The number of benzene rings is 1. The largest absolute Gasteiger partial charge is 0.493 e. The van der Waals surface area contributed by atoms with Crippen molar-refractivity contribution in [2.45, 2.75) is 25.4 Å². The Labute approximate surface area is 127 Å². The van der Waals surface area contributed by atoms with Crippen molar-refractivity contribution >= 4 is 12.4 Å². The van der Waals surface area contributed by atoms with E-state index in [0.717, 1.165) is 24.6 Å². The zero-order chi connectivity index (χ0) is 13.7. The fraction of sp³-hybridized carbons (Fsp3) is 0.600. The number of piperidine rings is 1. The lowest BCUT2D eigenvalue weighted by molar-refractivity contribution is 0.188. The molecule has 4 nitrogen and oxygen atoms in total. The standard InChI is InChI=1S/C15H24N2O2.ClH/c1-16-13-5-4-8-17(11-13)10-12-6-7-14(18-2)15(9-12)19-3;/h6-7,9,13,16H,4-5,8,10-11H2,1-3H3;1H. The van der Waals surface area contributed by atoms with Crippen molar-refractivity contribution in [3.05, 3.63) is 23.8 Å². The van der Waals surface area contributed by atoms with E-state index >= 15 is 0 Å². The summed E-state index contributed by atoms with van der Waals surface area (Å²) in [4.78, 5) is 2.49. The van der Waals surface area contributed by atoms with Crippen LogP contribution < -0.4 is 14.8 Å². The molecule has 0 amide bonds. The van der Waals surface area contributed by atoms with Crippen molar-refractivity contribution in [1.82, 2.24) is 10.2 Å². The molecule has 0 radical (unpaired) electrons. The van der Waals surface area contributed by atoms with E-state index in [1.807, 2.05) is 13.1 Å². The minimum Gasteiger partial charge on any atom is -0.493 e. The van der Waals surface area contributed by atoms with Crippen LogP contribution in [-0.4, -0.2) is 45.3 Å². The Balaban J connectivity index is 0.00000200. The quantitative estimate of drug-likeness (QED) is 0.905. The Kier molecular flexibility index (Phi) is 7.13. The fourth-order valence-corrected chi connectivity index (χ4v) is 2.67. The molecule has 5 heteroatoms. The van der Waals surface area contributed by atoms with Gasteiger partial charge in [0.05, 0.1) is 14.2 Å². The van der Waals surface area contributed by atoms with Gasteiger partial charge >= 0.3 is 0 Å². The first-order chi connectivity index (χ1) is 9.26. The molecule has 0 aliphatic carbocycles. The van der Waals surface area contributed by atoms with Crippen LogP contribution >= 0.6 is 12.4 Å². The summed E-state index contributed by atoms with van der Waals surface area (Å²) < 4.78 is 10.6. The maximum absolute atomic E-state index is 5.35. The maximum Gasteiger partial charge on any atom is 0.161 e. The first-order valence-electron chi connectivity index (χ1n) is 6.87. The fourth-order valence-electron chi connectivity index (χ4n) is 2.67. The van der Waals surface area contributed by atoms with Crippen LogP contribution in [0.1, 0.15) is 18.4 Å². The van der Waals surface area contributed by atoms with Crippen molar-refractivity contribution in [2.24, 2.45) is 0 Å². The molecular formula is C15H25ClN2O2. The van der Waals surface area contributed by atoms with Gasteiger partial charge in [-0.1, -0.05) is 6.07 Å². The van der Waals surface area contributed by atoms with Crippen molar-refractivity contribution in [3.63, 3.8) is 0 Å². The summed E-state index contributed by atoms with van der Waals surface area (Å²) in [6.45, 7) is 3.26. The highest BCUT2D eigenvalue weighted by Crippen LogP contribution is 2.28. The second-order valence-corrected chi connectivity index (χ2v) is 5.05. The van der Waals surface area contributed by atoms with Gasteiger partial charge < -0.3 is 14.8 Å². The van der Waals surface area contributed by atoms with Crippen LogP contribution in [0.25, 0.3) is 0 Å². The van der Waals surface area contributed by atoms with E-state index in [9.17, 15) is 0 Å². The van der Waals surface area contributed by atoms with Gasteiger partial charge in [0.1, 0.15) is 0 Å². The predicted molar refractivity (Wildman–Crippen MR) is 84.2 cm³/mol. The first-order valence-corrected chi connectivity index (χ1v) is 6.87. The highest BCUT2D eigenvalue weighted by Gasteiger charge is 2.18. The topological polar surface area (TPSA) is 33.7 Å². The average Bonchev–Trinajstić information content (AvgIpc) is 2.47. The molecule has 1 aliphatic heterocycles. The second kappa shape index (κ2) is 8.35. The van der Waals surface area contributed by atoms with E-state index in [0.29, 0.717) is 6.04 Å². The second-order valence-electron chi connectivity index (χ2n) is 5.05. The van der Waals surface area contributed by atoms with Gasteiger partial charge in [0, 0.05) is 19.1 Å². The SMILES string of the molecule is CNC1CCCN(Cc2ccc(OC)c(OC)c2)C1.Cl. The van der Waals surface area contributed by atoms with Crippen LogP contribution in [0, 0.1) is 0 Å². The third kappa shape index (κ3) is 4.27. The van der Waals surface area contributed by atoms with Crippen LogP contribution in [0.4, 0.5) is 0 Å². The van der Waals surface area contributed by atoms with Gasteiger partial charge in [-0.3, -0.25) is 4.90 Å². The van der Waals surface area contributed by atoms with Crippen molar-refractivity contribution in [1.29, 1.82) is 0 Å². The van der Waals surface area contributed by atoms with E-state index in [4.69, 9.17) is 9.47 Å². The minimum absolute atomic E-state index is 0. The summed E-state index contributed by atoms with van der Waals surface area (Å²) in [5, 5.41) is 3.37. The summed E-state index contributed by atoms with van der Waals surface area (Å²) in [7, 11) is 5.39. The molecule has 1 aromatic rings. The lowest BCUT2D eigenvalue weighted by Gasteiger charge is -2.32. The lowest BCUT2D eigenvalue weighted by Crippen LogP contribution is -2.43. The minimum atomic E-state index is 0. The summed E-state index contributed by atoms with van der Waals surface area (Å²) in [6, 6.07) is 6.79. The normalized spacial score (nSPS) is 19.2. The smallest absolute Gasteiger partial charge is 0.161 e. The Morgan fingerprint density at radius 2 is 2.00 bits per heavy atom.